The number of ether oxygens (including phenoxy) is 1. The molecule has 16 heavy (non-hydrogen) atoms. The Morgan fingerprint density at radius 1 is 1.50 bits per heavy atom. The lowest BCUT2D eigenvalue weighted by molar-refractivity contribution is 0.0768. The summed E-state index contributed by atoms with van der Waals surface area (Å²) in [6.07, 6.45) is 0. The molecule has 1 unspecified atom stereocenters. The van der Waals surface area contributed by atoms with Crippen molar-refractivity contribution in [1.29, 1.82) is 0 Å². The molecule has 1 aliphatic rings. The van der Waals surface area contributed by atoms with Gasteiger partial charge in [0, 0.05) is 6.54 Å². The van der Waals surface area contributed by atoms with Gasteiger partial charge in [-0.1, -0.05) is 6.07 Å². The van der Waals surface area contributed by atoms with E-state index in [0.29, 0.717) is 12.1 Å². The molecule has 1 fully saturated rings. The van der Waals surface area contributed by atoms with E-state index in [1.807, 2.05) is 6.07 Å². The molecule has 1 saturated heterocycles. The SMILES string of the molecule is Fc1cccc2sc(C3COCCN3)nc12. The number of aromatic nitrogens is 1. The number of nitrogens with one attached hydrogen (secondary N) is 1. The van der Waals surface area contributed by atoms with E-state index < -0.39 is 0 Å². The van der Waals surface area contributed by atoms with Crippen LogP contribution in [0.15, 0.2) is 18.2 Å². The van der Waals surface area contributed by atoms with Gasteiger partial charge in [-0.15, -0.1) is 11.3 Å². The summed E-state index contributed by atoms with van der Waals surface area (Å²) in [6, 6.07) is 5.15. The zero-order valence-electron chi connectivity index (χ0n) is 8.57. The number of morpholine rings is 1. The predicted octanol–water partition coefficient (Wildman–Crippen LogP) is 2.10. The summed E-state index contributed by atoms with van der Waals surface area (Å²) in [5.41, 5.74) is 0.467. The van der Waals surface area contributed by atoms with E-state index in [1.54, 1.807) is 6.07 Å². The topological polar surface area (TPSA) is 34.1 Å². The van der Waals surface area contributed by atoms with Crippen molar-refractivity contribution < 1.29 is 9.13 Å². The minimum Gasteiger partial charge on any atom is -0.378 e. The standard InChI is InChI=1S/C11H11FN2OS/c12-7-2-1-3-9-10(7)14-11(16-9)8-6-15-5-4-13-8/h1-3,8,13H,4-6H2. The van der Waals surface area contributed by atoms with Crippen LogP contribution in [0.5, 0.6) is 0 Å². The molecule has 3 nitrogen and oxygen atoms in total. The maximum absolute atomic E-state index is 13.5. The molecule has 1 aromatic heterocycles. The number of rotatable bonds is 1. The summed E-state index contributed by atoms with van der Waals surface area (Å²) in [6.45, 7) is 2.17. The van der Waals surface area contributed by atoms with Crippen LogP contribution >= 0.6 is 11.3 Å². The van der Waals surface area contributed by atoms with Gasteiger partial charge in [-0.3, -0.25) is 0 Å². The quantitative estimate of drug-likeness (QED) is 0.826. The van der Waals surface area contributed by atoms with Gasteiger partial charge in [0.05, 0.1) is 24.0 Å². The molecule has 0 bridgehead atoms. The number of para-hydroxylation sites is 1. The highest BCUT2D eigenvalue weighted by atomic mass is 32.1. The largest absolute Gasteiger partial charge is 0.378 e. The first kappa shape index (κ1) is 10.1. The summed E-state index contributed by atoms with van der Waals surface area (Å²) in [4.78, 5) is 4.34. The molecule has 84 valence electrons. The third kappa shape index (κ3) is 1.71. The van der Waals surface area contributed by atoms with Crippen molar-refractivity contribution in [2.24, 2.45) is 0 Å². The first-order chi connectivity index (χ1) is 7.84. The van der Waals surface area contributed by atoms with Gasteiger partial charge in [0.25, 0.3) is 0 Å². The highest BCUT2D eigenvalue weighted by Gasteiger charge is 2.19. The molecular formula is C11H11FN2OS. The van der Waals surface area contributed by atoms with Gasteiger partial charge < -0.3 is 10.1 Å². The molecular weight excluding hydrogens is 227 g/mol. The number of benzene rings is 1. The molecule has 1 aromatic carbocycles. The van der Waals surface area contributed by atoms with Crippen LogP contribution in [0.25, 0.3) is 10.2 Å². The Morgan fingerprint density at radius 2 is 2.44 bits per heavy atom. The van der Waals surface area contributed by atoms with Crippen molar-refractivity contribution in [3.8, 4) is 0 Å². The molecule has 2 aromatic rings. The van der Waals surface area contributed by atoms with Crippen LogP contribution in [0, 0.1) is 5.82 Å². The van der Waals surface area contributed by atoms with Crippen LogP contribution in [-0.2, 0) is 4.74 Å². The lowest BCUT2D eigenvalue weighted by atomic mass is 10.3. The van der Waals surface area contributed by atoms with E-state index in [9.17, 15) is 4.39 Å². The third-order valence-electron chi connectivity index (χ3n) is 2.61. The summed E-state index contributed by atoms with van der Waals surface area (Å²) in [5.74, 6) is -0.253. The van der Waals surface area contributed by atoms with Gasteiger partial charge in [0.2, 0.25) is 0 Å². The summed E-state index contributed by atoms with van der Waals surface area (Å²) >= 11 is 1.52. The van der Waals surface area contributed by atoms with E-state index in [2.05, 4.69) is 10.3 Å². The third-order valence-corrected chi connectivity index (χ3v) is 3.74. The molecule has 5 heteroatoms. The summed E-state index contributed by atoms with van der Waals surface area (Å²) in [7, 11) is 0. The number of fused-ring (bicyclic) bond motifs is 1. The fraction of sp³-hybridized carbons (Fsp3) is 0.364. The number of hydrogen-bond acceptors (Lipinski definition) is 4. The number of nitrogens with zero attached hydrogens (tertiary/aromatic N) is 1. The summed E-state index contributed by atoms with van der Waals surface area (Å²) < 4.78 is 19.7. The summed E-state index contributed by atoms with van der Waals surface area (Å²) in [5, 5.41) is 4.22. The van der Waals surface area contributed by atoms with E-state index in [0.717, 1.165) is 22.9 Å². The number of hydrogen-bond donors (Lipinski definition) is 1. The van der Waals surface area contributed by atoms with E-state index in [-0.39, 0.29) is 11.9 Å². The monoisotopic (exact) mass is 238 g/mol. The van der Waals surface area contributed by atoms with E-state index in [1.165, 1.54) is 17.4 Å². The molecule has 0 radical (unpaired) electrons. The first-order valence-corrected chi connectivity index (χ1v) is 6.02. The van der Waals surface area contributed by atoms with Gasteiger partial charge in [-0.05, 0) is 12.1 Å². The highest BCUT2D eigenvalue weighted by molar-refractivity contribution is 7.18. The van der Waals surface area contributed by atoms with Crippen molar-refractivity contribution in [2.75, 3.05) is 19.8 Å². The molecule has 1 N–H and O–H groups in total. The minimum atomic E-state index is -0.253. The Balaban J connectivity index is 2.01. The van der Waals surface area contributed by atoms with Gasteiger partial charge in [-0.25, -0.2) is 9.37 Å². The van der Waals surface area contributed by atoms with Crippen molar-refractivity contribution in [3.63, 3.8) is 0 Å². The fourth-order valence-electron chi connectivity index (χ4n) is 1.81. The van der Waals surface area contributed by atoms with Crippen molar-refractivity contribution in [2.45, 2.75) is 6.04 Å². The maximum atomic E-state index is 13.5. The van der Waals surface area contributed by atoms with Crippen LogP contribution in [0.2, 0.25) is 0 Å². The maximum Gasteiger partial charge on any atom is 0.150 e. The van der Waals surface area contributed by atoms with E-state index >= 15 is 0 Å². The van der Waals surface area contributed by atoms with Crippen LogP contribution in [0.3, 0.4) is 0 Å². The van der Waals surface area contributed by atoms with Crippen molar-refractivity contribution in [1.82, 2.24) is 10.3 Å². The number of halogens is 1. The lowest BCUT2D eigenvalue weighted by Gasteiger charge is -2.21. The Labute approximate surface area is 96.3 Å². The van der Waals surface area contributed by atoms with Crippen molar-refractivity contribution in [3.05, 3.63) is 29.0 Å². The van der Waals surface area contributed by atoms with Gasteiger partial charge >= 0.3 is 0 Å². The lowest BCUT2D eigenvalue weighted by Crippen LogP contribution is -2.34. The first-order valence-electron chi connectivity index (χ1n) is 5.20. The molecule has 3 rings (SSSR count). The van der Waals surface area contributed by atoms with E-state index in [4.69, 9.17) is 4.74 Å². The Morgan fingerprint density at radius 3 is 3.19 bits per heavy atom. The highest BCUT2D eigenvalue weighted by Crippen LogP contribution is 2.28. The Kier molecular flexibility index (Phi) is 2.59. The normalized spacial score (nSPS) is 21.4. The van der Waals surface area contributed by atoms with Crippen molar-refractivity contribution >= 4 is 21.6 Å². The second-order valence-electron chi connectivity index (χ2n) is 3.72. The fourth-order valence-corrected chi connectivity index (χ4v) is 2.85. The average Bonchev–Trinajstić information content (AvgIpc) is 2.76. The predicted molar refractivity (Wildman–Crippen MR) is 61.1 cm³/mol. The molecule has 0 amide bonds. The second kappa shape index (κ2) is 4.08. The molecule has 1 aliphatic heterocycles. The Hall–Kier alpha value is -1.04. The van der Waals surface area contributed by atoms with Gasteiger partial charge in [0.15, 0.2) is 0 Å². The minimum absolute atomic E-state index is 0.102. The van der Waals surface area contributed by atoms with Crippen LogP contribution in [0.4, 0.5) is 4.39 Å². The molecule has 0 saturated carbocycles. The second-order valence-corrected chi connectivity index (χ2v) is 4.78. The molecule has 0 aliphatic carbocycles. The van der Waals surface area contributed by atoms with Crippen LogP contribution < -0.4 is 5.32 Å². The zero-order chi connectivity index (χ0) is 11.0. The average molecular weight is 238 g/mol. The van der Waals surface area contributed by atoms with Gasteiger partial charge in [0.1, 0.15) is 16.3 Å². The number of thiazole rings is 1. The van der Waals surface area contributed by atoms with Crippen LogP contribution in [0.1, 0.15) is 11.0 Å². The molecule has 0 spiro atoms. The molecule has 1 atom stereocenters. The zero-order valence-corrected chi connectivity index (χ0v) is 9.39. The molecule has 2 heterocycles. The van der Waals surface area contributed by atoms with Gasteiger partial charge in [-0.2, -0.15) is 0 Å². The smallest absolute Gasteiger partial charge is 0.150 e. The van der Waals surface area contributed by atoms with Crippen LogP contribution in [-0.4, -0.2) is 24.7 Å². The Bertz CT molecular complexity index is 508.